The van der Waals surface area contributed by atoms with E-state index >= 15 is 0 Å². The zero-order chi connectivity index (χ0) is 23.4. The number of aromatic amines is 1. The van der Waals surface area contributed by atoms with E-state index in [0.717, 1.165) is 47.0 Å². The van der Waals surface area contributed by atoms with Crippen LogP contribution in [0, 0.1) is 27.7 Å². The normalized spacial score (nSPS) is 10.9. The molecule has 0 saturated carbocycles. The fourth-order valence-corrected chi connectivity index (χ4v) is 3.93. The number of hydrogen-bond acceptors (Lipinski definition) is 5. The monoisotopic (exact) mass is 436 g/mol. The number of aromatic nitrogens is 4. The summed E-state index contributed by atoms with van der Waals surface area (Å²) in [6.07, 6.45) is 0.887. The first-order valence-electron chi connectivity index (χ1n) is 11.0. The highest BCUT2D eigenvalue weighted by atomic mass is 16.1. The predicted molar refractivity (Wildman–Crippen MR) is 128 cm³/mol. The highest BCUT2D eigenvalue weighted by Gasteiger charge is 2.16. The maximum Gasteiger partial charge on any atom is 0.252 e. The summed E-state index contributed by atoms with van der Waals surface area (Å²) < 4.78 is 1.63. The fraction of sp³-hybridized carbons (Fsp3) is 0.417. The van der Waals surface area contributed by atoms with Crippen LogP contribution in [0.2, 0.25) is 0 Å². The van der Waals surface area contributed by atoms with Crippen LogP contribution in [0.15, 0.2) is 29.1 Å². The number of rotatable bonds is 8. The van der Waals surface area contributed by atoms with Gasteiger partial charge in [0.1, 0.15) is 0 Å². The molecule has 2 aromatic heterocycles. The van der Waals surface area contributed by atoms with E-state index in [1.807, 2.05) is 32.9 Å². The van der Waals surface area contributed by atoms with Gasteiger partial charge >= 0.3 is 0 Å². The number of amides is 1. The highest BCUT2D eigenvalue weighted by molar-refractivity contribution is 5.92. The van der Waals surface area contributed by atoms with Gasteiger partial charge in [-0.2, -0.15) is 5.10 Å². The Morgan fingerprint density at radius 1 is 1.12 bits per heavy atom. The molecule has 2 heterocycles. The van der Waals surface area contributed by atoms with Crippen LogP contribution in [-0.2, 0) is 11.2 Å². The van der Waals surface area contributed by atoms with Crippen molar-refractivity contribution in [2.45, 2.75) is 54.4 Å². The van der Waals surface area contributed by atoms with Gasteiger partial charge in [-0.05, 0) is 77.3 Å². The number of nitrogens with one attached hydrogen (secondary N) is 2. The lowest BCUT2D eigenvalue weighted by Crippen LogP contribution is -2.22. The second-order valence-electron chi connectivity index (χ2n) is 7.99. The van der Waals surface area contributed by atoms with Gasteiger partial charge in [-0.3, -0.25) is 14.6 Å². The number of carbonyl (C=O) groups is 1. The second-order valence-corrected chi connectivity index (χ2v) is 7.99. The van der Waals surface area contributed by atoms with Gasteiger partial charge in [0.15, 0.2) is 0 Å². The quantitative estimate of drug-likeness (QED) is 0.562. The van der Waals surface area contributed by atoms with Gasteiger partial charge in [0.2, 0.25) is 11.9 Å². The molecule has 0 saturated heterocycles. The Kier molecular flexibility index (Phi) is 7.12. The Balaban J connectivity index is 1.70. The van der Waals surface area contributed by atoms with Crippen molar-refractivity contribution in [2.24, 2.45) is 0 Å². The van der Waals surface area contributed by atoms with Crippen LogP contribution in [0.4, 0.5) is 11.4 Å². The molecule has 0 bridgehead atoms. The van der Waals surface area contributed by atoms with Crippen molar-refractivity contribution >= 4 is 17.3 Å². The summed E-state index contributed by atoms with van der Waals surface area (Å²) in [7, 11) is 0. The average Bonchev–Trinajstić information content (AvgIpc) is 3.02. The Hall–Kier alpha value is -3.42. The maximum atomic E-state index is 12.6. The maximum absolute atomic E-state index is 12.6. The third-order valence-electron chi connectivity index (χ3n) is 5.71. The minimum atomic E-state index is -0.219. The molecular weight excluding hydrogens is 404 g/mol. The molecule has 0 radical (unpaired) electrons. The topological polar surface area (TPSA) is 95.9 Å². The molecule has 32 heavy (non-hydrogen) atoms. The zero-order valence-electron chi connectivity index (χ0n) is 19.7. The SMILES string of the molecule is CCN(CC)c1ccc(NC(=O)CCc2c(C)nn(-c3nc(C)cc(=O)[nH]3)c2C)c(C)c1. The average molecular weight is 437 g/mol. The first-order valence-corrected chi connectivity index (χ1v) is 11.0. The predicted octanol–water partition coefficient (Wildman–Crippen LogP) is 3.61. The summed E-state index contributed by atoms with van der Waals surface area (Å²) in [5, 5.41) is 7.56. The molecule has 3 aromatic rings. The van der Waals surface area contributed by atoms with E-state index in [2.05, 4.69) is 45.2 Å². The molecule has 2 N–H and O–H groups in total. The van der Waals surface area contributed by atoms with Crippen LogP contribution in [0.1, 0.15) is 48.5 Å². The molecule has 8 heteroatoms. The molecule has 0 atom stereocenters. The smallest absolute Gasteiger partial charge is 0.252 e. The van der Waals surface area contributed by atoms with Crippen LogP contribution in [0.25, 0.3) is 5.95 Å². The first kappa shape index (κ1) is 23.2. The minimum absolute atomic E-state index is 0.0441. The van der Waals surface area contributed by atoms with E-state index in [9.17, 15) is 9.59 Å². The Bertz CT molecular complexity index is 1170. The number of hydrogen-bond donors (Lipinski definition) is 2. The van der Waals surface area contributed by atoms with Crippen LogP contribution < -0.4 is 15.8 Å². The number of nitrogens with zero attached hydrogens (tertiary/aromatic N) is 4. The molecule has 1 aromatic carbocycles. The van der Waals surface area contributed by atoms with Gasteiger partial charge in [0.25, 0.3) is 5.56 Å². The number of benzene rings is 1. The molecule has 0 aliphatic rings. The number of aryl methyl sites for hydroxylation is 3. The van der Waals surface area contributed by atoms with E-state index < -0.39 is 0 Å². The van der Waals surface area contributed by atoms with Crippen molar-refractivity contribution in [3.63, 3.8) is 0 Å². The Labute approximate surface area is 188 Å². The second kappa shape index (κ2) is 9.80. The third kappa shape index (κ3) is 5.07. The van der Waals surface area contributed by atoms with Crippen molar-refractivity contribution < 1.29 is 4.79 Å². The first-order chi connectivity index (χ1) is 15.2. The van der Waals surface area contributed by atoms with Crippen molar-refractivity contribution in [2.75, 3.05) is 23.3 Å². The Morgan fingerprint density at radius 3 is 2.47 bits per heavy atom. The van der Waals surface area contributed by atoms with E-state index in [0.29, 0.717) is 24.5 Å². The lowest BCUT2D eigenvalue weighted by atomic mass is 10.1. The summed E-state index contributed by atoms with van der Waals surface area (Å²) in [5.74, 6) is 0.340. The summed E-state index contributed by atoms with van der Waals surface area (Å²) in [4.78, 5) is 33.8. The number of H-pyrrole nitrogens is 1. The molecular formula is C24H32N6O2. The lowest BCUT2D eigenvalue weighted by Gasteiger charge is -2.22. The number of carbonyl (C=O) groups excluding carboxylic acids is 1. The molecule has 3 rings (SSSR count). The summed E-state index contributed by atoms with van der Waals surface area (Å²) in [5.41, 5.74) is 6.10. The van der Waals surface area contributed by atoms with E-state index in [1.54, 1.807) is 11.6 Å². The molecule has 8 nitrogen and oxygen atoms in total. The lowest BCUT2D eigenvalue weighted by molar-refractivity contribution is -0.116. The van der Waals surface area contributed by atoms with Crippen molar-refractivity contribution in [3.05, 3.63) is 62.8 Å². The van der Waals surface area contributed by atoms with Gasteiger partial charge in [0.05, 0.1) is 5.69 Å². The molecule has 0 fully saturated rings. The zero-order valence-corrected chi connectivity index (χ0v) is 19.7. The molecule has 0 unspecified atom stereocenters. The minimum Gasteiger partial charge on any atom is -0.372 e. The standard InChI is InChI=1S/C24H32N6O2/c1-7-29(8-2)19-9-11-21(15(3)13-19)26-22(31)12-10-20-17(5)28-30(18(20)6)24-25-16(4)14-23(32)27-24/h9,11,13-14H,7-8,10,12H2,1-6H3,(H,26,31)(H,25,27,32). The molecule has 0 aliphatic heterocycles. The van der Waals surface area contributed by atoms with E-state index in [-0.39, 0.29) is 11.5 Å². The van der Waals surface area contributed by atoms with Gasteiger partial charge in [-0.25, -0.2) is 9.67 Å². The molecule has 170 valence electrons. The van der Waals surface area contributed by atoms with Crippen LogP contribution in [0.3, 0.4) is 0 Å². The van der Waals surface area contributed by atoms with Crippen LogP contribution in [0.5, 0.6) is 0 Å². The molecule has 0 aliphatic carbocycles. The van der Waals surface area contributed by atoms with Gasteiger partial charge in [-0.1, -0.05) is 0 Å². The third-order valence-corrected chi connectivity index (χ3v) is 5.71. The van der Waals surface area contributed by atoms with Crippen LogP contribution in [-0.4, -0.2) is 38.7 Å². The summed E-state index contributed by atoms with van der Waals surface area (Å²) in [6.45, 7) is 13.8. The van der Waals surface area contributed by atoms with E-state index in [1.165, 1.54) is 6.07 Å². The van der Waals surface area contributed by atoms with Crippen molar-refractivity contribution in [3.8, 4) is 5.95 Å². The van der Waals surface area contributed by atoms with Gasteiger partial charge < -0.3 is 10.2 Å². The van der Waals surface area contributed by atoms with Gasteiger partial charge in [0, 0.05) is 48.3 Å². The number of anilines is 2. The fourth-order valence-electron chi connectivity index (χ4n) is 3.93. The van der Waals surface area contributed by atoms with Gasteiger partial charge in [-0.15, -0.1) is 0 Å². The summed E-state index contributed by atoms with van der Waals surface area (Å²) in [6, 6.07) is 7.56. The van der Waals surface area contributed by atoms with Crippen molar-refractivity contribution in [1.82, 2.24) is 19.7 Å². The largest absolute Gasteiger partial charge is 0.372 e. The molecule has 0 spiro atoms. The molecule has 1 amide bonds. The Morgan fingerprint density at radius 2 is 1.84 bits per heavy atom. The summed E-state index contributed by atoms with van der Waals surface area (Å²) >= 11 is 0. The van der Waals surface area contributed by atoms with E-state index in [4.69, 9.17) is 0 Å². The van der Waals surface area contributed by atoms with Crippen molar-refractivity contribution in [1.29, 1.82) is 0 Å². The highest BCUT2D eigenvalue weighted by Crippen LogP contribution is 2.23. The van der Waals surface area contributed by atoms with Crippen LogP contribution >= 0.6 is 0 Å².